The highest BCUT2D eigenvalue weighted by Crippen LogP contribution is 2.31. The van der Waals surface area contributed by atoms with Crippen molar-refractivity contribution in [3.05, 3.63) is 97.6 Å². The molecule has 2 aromatic heterocycles. The summed E-state index contributed by atoms with van der Waals surface area (Å²) in [5.41, 5.74) is 4.11. The quantitative estimate of drug-likeness (QED) is 0.153. The fourth-order valence-electron chi connectivity index (χ4n) is 4.41. The predicted octanol–water partition coefficient (Wildman–Crippen LogP) is 6.27. The van der Waals surface area contributed by atoms with Crippen molar-refractivity contribution in [2.24, 2.45) is 0 Å². The molecule has 0 saturated carbocycles. The second-order valence-corrected chi connectivity index (χ2v) is 9.79. The number of hydrogen-bond donors (Lipinski definition) is 0. The summed E-state index contributed by atoms with van der Waals surface area (Å²) in [6.07, 6.45) is 1.40. The molecule has 6 nitrogen and oxygen atoms in total. The fourth-order valence-corrected chi connectivity index (χ4v) is 5.56. The predicted molar refractivity (Wildman–Crippen MR) is 144 cm³/mol. The molecule has 0 unspecified atom stereocenters. The average Bonchev–Trinajstić information content (AvgIpc) is 3.36. The van der Waals surface area contributed by atoms with Crippen molar-refractivity contribution in [1.82, 2.24) is 4.57 Å². The standard InChI is InChI=1S/C30H24FN3O3S/c1-4-37-30(36)29-18(2)25(16-33)28(38-29)14-27(35)21(15-32)13-24-19(3)34(26-8-6-5-7-23(24)26)17-20-9-11-22(31)12-10-20/h5-13H,4,14,17H2,1-3H3/b21-13+. The molecule has 0 bridgehead atoms. The number of ether oxygens (including phenoxy) is 1. The second kappa shape index (κ2) is 11.2. The maximum absolute atomic E-state index is 13.4. The lowest BCUT2D eigenvalue weighted by Crippen LogP contribution is -2.06. The van der Waals surface area contributed by atoms with Crippen LogP contribution in [0.4, 0.5) is 4.39 Å². The largest absolute Gasteiger partial charge is 0.462 e. The number of allylic oxidation sites excluding steroid dienone is 1. The van der Waals surface area contributed by atoms with Gasteiger partial charge in [-0.3, -0.25) is 4.79 Å². The molecule has 0 fully saturated rings. The van der Waals surface area contributed by atoms with E-state index in [1.807, 2.05) is 37.3 Å². The van der Waals surface area contributed by atoms with Crippen LogP contribution in [0.1, 0.15) is 49.4 Å². The molecule has 0 spiro atoms. The van der Waals surface area contributed by atoms with Crippen LogP contribution in [0, 0.1) is 42.3 Å². The normalized spacial score (nSPS) is 11.3. The van der Waals surface area contributed by atoms with E-state index in [1.165, 1.54) is 12.1 Å². The topological polar surface area (TPSA) is 95.9 Å². The highest BCUT2D eigenvalue weighted by atomic mass is 32.1. The maximum Gasteiger partial charge on any atom is 0.348 e. The summed E-state index contributed by atoms with van der Waals surface area (Å²) >= 11 is 1.05. The van der Waals surface area contributed by atoms with Gasteiger partial charge in [-0.15, -0.1) is 11.3 Å². The Hall–Kier alpha value is -4.53. The van der Waals surface area contributed by atoms with Crippen LogP contribution in [-0.2, 0) is 22.5 Å². The number of rotatable bonds is 8. The highest BCUT2D eigenvalue weighted by Gasteiger charge is 2.24. The SMILES string of the molecule is CCOC(=O)c1sc(CC(=O)/C(C#N)=C/c2c(C)n(Cc3ccc(F)cc3)c3ccccc23)c(C#N)c1C. The minimum Gasteiger partial charge on any atom is -0.462 e. The number of Topliss-reactive ketones (excluding diaryl/α,β-unsaturated/α-hetero) is 1. The molecule has 38 heavy (non-hydrogen) atoms. The van der Waals surface area contributed by atoms with Gasteiger partial charge in [0, 0.05) is 40.0 Å². The van der Waals surface area contributed by atoms with E-state index in [0.29, 0.717) is 17.0 Å². The molecular weight excluding hydrogens is 501 g/mol. The van der Waals surface area contributed by atoms with Gasteiger partial charge < -0.3 is 9.30 Å². The second-order valence-electron chi connectivity index (χ2n) is 8.69. The molecule has 0 radical (unpaired) electrons. The average molecular weight is 526 g/mol. The number of halogens is 1. The zero-order chi connectivity index (χ0) is 27.4. The lowest BCUT2D eigenvalue weighted by atomic mass is 10.0. The number of fused-ring (bicyclic) bond motifs is 1. The van der Waals surface area contributed by atoms with E-state index in [9.17, 15) is 24.5 Å². The molecule has 0 aliphatic rings. The van der Waals surface area contributed by atoms with Crippen molar-refractivity contribution in [2.45, 2.75) is 33.7 Å². The molecule has 0 aliphatic carbocycles. The van der Waals surface area contributed by atoms with Gasteiger partial charge in [0.2, 0.25) is 0 Å². The summed E-state index contributed by atoms with van der Waals surface area (Å²) in [7, 11) is 0. The van der Waals surface area contributed by atoms with Crippen LogP contribution in [0.2, 0.25) is 0 Å². The Morgan fingerprint density at radius 3 is 2.47 bits per heavy atom. The van der Waals surface area contributed by atoms with Gasteiger partial charge in [0.1, 0.15) is 22.8 Å². The molecule has 2 heterocycles. The first-order valence-electron chi connectivity index (χ1n) is 12.0. The first kappa shape index (κ1) is 26.5. The molecule has 4 aromatic rings. The molecule has 0 amide bonds. The molecule has 0 aliphatic heterocycles. The number of hydrogen-bond acceptors (Lipinski definition) is 6. The highest BCUT2D eigenvalue weighted by molar-refractivity contribution is 7.14. The van der Waals surface area contributed by atoms with Crippen LogP contribution >= 0.6 is 11.3 Å². The number of nitrogens with zero attached hydrogens (tertiary/aromatic N) is 3. The van der Waals surface area contributed by atoms with E-state index in [0.717, 1.165) is 39.1 Å². The Kier molecular flexibility index (Phi) is 7.85. The van der Waals surface area contributed by atoms with Gasteiger partial charge in [0.15, 0.2) is 5.78 Å². The molecule has 2 aromatic carbocycles. The van der Waals surface area contributed by atoms with Crippen molar-refractivity contribution in [2.75, 3.05) is 6.61 Å². The smallest absolute Gasteiger partial charge is 0.348 e. The number of ketones is 1. The molecule has 190 valence electrons. The summed E-state index contributed by atoms with van der Waals surface area (Å²) in [5.74, 6) is -1.29. The summed E-state index contributed by atoms with van der Waals surface area (Å²) in [6.45, 7) is 5.94. The van der Waals surface area contributed by atoms with E-state index in [2.05, 4.69) is 10.6 Å². The number of para-hydroxylation sites is 1. The molecule has 0 atom stereocenters. The van der Waals surface area contributed by atoms with Gasteiger partial charge in [0.25, 0.3) is 0 Å². The summed E-state index contributed by atoms with van der Waals surface area (Å²) in [6, 6.07) is 18.1. The van der Waals surface area contributed by atoms with Crippen molar-refractivity contribution in [3.8, 4) is 12.1 Å². The first-order chi connectivity index (χ1) is 18.3. The van der Waals surface area contributed by atoms with E-state index in [1.54, 1.807) is 32.1 Å². The van der Waals surface area contributed by atoms with Crippen molar-refractivity contribution in [1.29, 1.82) is 10.5 Å². The Bertz CT molecular complexity index is 1660. The van der Waals surface area contributed by atoms with Crippen molar-refractivity contribution >= 4 is 40.1 Å². The number of carbonyl (C=O) groups is 2. The third-order valence-electron chi connectivity index (χ3n) is 6.36. The van der Waals surface area contributed by atoms with Gasteiger partial charge in [-0.2, -0.15) is 10.5 Å². The minimum atomic E-state index is -0.536. The first-order valence-corrected chi connectivity index (χ1v) is 12.8. The molecule has 4 rings (SSSR count). The number of thiophene rings is 1. The van der Waals surface area contributed by atoms with Crippen LogP contribution in [-0.4, -0.2) is 22.9 Å². The summed E-state index contributed by atoms with van der Waals surface area (Å²) in [5, 5.41) is 20.4. The Morgan fingerprint density at radius 1 is 1.11 bits per heavy atom. The van der Waals surface area contributed by atoms with Gasteiger partial charge in [-0.05, 0) is 56.2 Å². The summed E-state index contributed by atoms with van der Waals surface area (Å²) in [4.78, 5) is 26.3. The van der Waals surface area contributed by atoms with Gasteiger partial charge in [-0.25, -0.2) is 9.18 Å². The number of esters is 1. The van der Waals surface area contributed by atoms with Gasteiger partial charge in [0.05, 0.1) is 17.7 Å². The molecule has 0 N–H and O–H groups in total. The number of carbonyl (C=O) groups excluding carboxylic acids is 2. The molecular formula is C30H24FN3O3S. The lowest BCUT2D eigenvalue weighted by molar-refractivity contribution is -0.114. The Labute approximate surface area is 223 Å². The third kappa shape index (κ3) is 5.13. The molecule has 8 heteroatoms. The lowest BCUT2D eigenvalue weighted by Gasteiger charge is -2.09. The van der Waals surface area contributed by atoms with E-state index in [4.69, 9.17) is 4.74 Å². The Balaban J connectivity index is 1.72. The van der Waals surface area contributed by atoms with E-state index < -0.39 is 11.8 Å². The van der Waals surface area contributed by atoms with E-state index >= 15 is 0 Å². The van der Waals surface area contributed by atoms with Crippen LogP contribution in [0.5, 0.6) is 0 Å². The minimum absolute atomic E-state index is 0.0505. The van der Waals surface area contributed by atoms with Crippen LogP contribution in [0.15, 0.2) is 54.1 Å². The molecule has 0 saturated heterocycles. The zero-order valence-electron chi connectivity index (χ0n) is 21.2. The number of nitriles is 2. The van der Waals surface area contributed by atoms with Crippen LogP contribution < -0.4 is 0 Å². The third-order valence-corrected chi connectivity index (χ3v) is 7.63. The summed E-state index contributed by atoms with van der Waals surface area (Å²) < 4.78 is 20.5. The number of benzene rings is 2. The fraction of sp³-hybridized carbons (Fsp3) is 0.200. The monoisotopic (exact) mass is 525 g/mol. The Morgan fingerprint density at radius 2 is 1.82 bits per heavy atom. The van der Waals surface area contributed by atoms with E-state index in [-0.39, 0.29) is 34.9 Å². The van der Waals surface area contributed by atoms with Crippen molar-refractivity contribution < 1.29 is 18.7 Å². The van der Waals surface area contributed by atoms with Crippen LogP contribution in [0.25, 0.3) is 17.0 Å². The number of aromatic nitrogens is 1. The van der Waals surface area contributed by atoms with Crippen LogP contribution in [0.3, 0.4) is 0 Å². The maximum atomic E-state index is 13.4. The van der Waals surface area contributed by atoms with Gasteiger partial charge in [-0.1, -0.05) is 30.3 Å². The van der Waals surface area contributed by atoms with Crippen molar-refractivity contribution in [3.63, 3.8) is 0 Å². The van der Waals surface area contributed by atoms with Gasteiger partial charge >= 0.3 is 5.97 Å². The zero-order valence-corrected chi connectivity index (χ0v) is 22.0.